The number of hydrogen-bond acceptors (Lipinski definition) is 8. The maximum Gasteiger partial charge on any atom is 0.290 e. The number of thiophene rings is 1. The van der Waals surface area contributed by atoms with Crippen molar-refractivity contribution in [1.82, 2.24) is 4.90 Å². The summed E-state index contributed by atoms with van der Waals surface area (Å²) in [5.74, 6) is 0.590. The first-order valence-corrected chi connectivity index (χ1v) is 12.1. The molecule has 0 spiro atoms. The molecule has 1 atom stereocenters. The molecule has 1 aromatic heterocycles. The van der Waals surface area contributed by atoms with Crippen LogP contribution in [0.5, 0.6) is 23.0 Å². The Morgan fingerprint density at radius 1 is 0.944 bits per heavy atom. The van der Waals surface area contributed by atoms with Crippen LogP contribution >= 0.6 is 11.3 Å². The van der Waals surface area contributed by atoms with Crippen LogP contribution < -0.4 is 18.9 Å². The van der Waals surface area contributed by atoms with Crippen LogP contribution in [0.15, 0.2) is 65.2 Å². The highest BCUT2D eigenvalue weighted by Crippen LogP contribution is 2.44. The molecular weight excluding hydrogens is 482 g/mol. The molecule has 0 aliphatic carbocycles. The number of benzene rings is 2. The number of Topliss-reactive ketones (excluding diaryl/α,β-unsaturated/α-hetero) is 1. The third-order valence-corrected chi connectivity index (χ3v) is 6.98. The fourth-order valence-electron chi connectivity index (χ4n) is 4.32. The number of amides is 1. The van der Waals surface area contributed by atoms with Gasteiger partial charge in [-0.1, -0.05) is 12.1 Å². The zero-order valence-corrected chi connectivity index (χ0v) is 21.3. The van der Waals surface area contributed by atoms with Crippen molar-refractivity contribution in [3.63, 3.8) is 0 Å². The summed E-state index contributed by atoms with van der Waals surface area (Å²) in [6, 6.07) is 13.2. The van der Waals surface area contributed by atoms with E-state index in [2.05, 4.69) is 0 Å². The second-order valence-electron chi connectivity index (χ2n) is 8.02. The molecule has 2 aromatic carbocycles. The second kappa shape index (κ2) is 10.7. The normalized spacial score (nSPS) is 15.3. The predicted octanol–water partition coefficient (Wildman–Crippen LogP) is 4.60. The fourth-order valence-corrected chi connectivity index (χ4v) is 5.00. The monoisotopic (exact) mass is 509 g/mol. The van der Waals surface area contributed by atoms with Crippen LogP contribution in [0.1, 0.15) is 26.8 Å². The van der Waals surface area contributed by atoms with E-state index in [-0.39, 0.29) is 12.1 Å². The van der Waals surface area contributed by atoms with Crippen LogP contribution in [0.3, 0.4) is 0 Å². The zero-order chi connectivity index (χ0) is 25.8. The van der Waals surface area contributed by atoms with Gasteiger partial charge in [-0.05, 0) is 53.8 Å². The first-order valence-electron chi connectivity index (χ1n) is 11.2. The first kappa shape index (κ1) is 25.1. The standard InChI is InChI=1S/C27H27NO7S/c1-32-17-8-10-19(33-2)18(15-17)24-23(25(29)22-6-5-13-36-22)26(30)27(31)28(24)12-11-16-7-9-20(34-3)21(14-16)35-4/h5-10,13-15,24,30H,11-12H2,1-4H3/t24-/m1/s1. The molecule has 1 N–H and O–H groups in total. The number of hydrogen-bond donors (Lipinski definition) is 1. The number of ether oxygens (including phenoxy) is 4. The molecule has 1 amide bonds. The topological polar surface area (TPSA) is 94.5 Å². The van der Waals surface area contributed by atoms with E-state index in [9.17, 15) is 14.7 Å². The number of rotatable bonds is 10. The van der Waals surface area contributed by atoms with Gasteiger partial charge in [-0.15, -0.1) is 11.3 Å². The summed E-state index contributed by atoms with van der Waals surface area (Å²) < 4.78 is 21.7. The Labute approximate surface area is 213 Å². The number of carbonyl (C=O) groups is 2. The van der Waals surface area contributed by atoms with Gasteiger partial charge >= 0.3 is 0 Å². The van der Waals surface area contributed by atoms with E-state index in [0.29, 0.717) is 39.9 Å². The molecule has 8 nitrogen and oxygen atoms in total. The van der Waals surface area contributed by atoms with Gasteiger partial charge in [-0.2, -0.15) is 0 Å². The number of nitrogens with zero attached hydrogens (tertiary/aromatic N) is 1. The molecule has 0 bridgehead atoms. The van der Waals surface area contributed by atoms with Crippen molar-refractivity contribution in [2.45, 2.75) is 12.5 Å². The van der Waals surface area contributed by atoms with Gasteiger partial charge in [0.2, 0.25) is 5.78 Å². The Bertz CT molecular complexity index is 1300. The van der Waals surface area contributed by atoms with Gasteiger partial charge in [0.15, 0.2) is 17.3 Å². The first-order chi connectivity index (χ1) is 17.4. The summed E-state index contributed by atoms with van der Waals surface area (Å²) in [7, 11) is 6.17. The lowest BCUT2D eigenvalue weighted by atomic mass is 9.94. The molecule has 0 radical (unpaired) electrons. The maximum absolute atomic E-state index is 13.5. The van der Waals surface area contributed by atoms with E-state index in [1.165, 1.54) is 30.5 Å². The Balaban J connectivity index is 1.76. The van der Waals surface area contributed by atoms with Crippen molar-refractivity contribution in [2.24, 2.45) is 0 Å². The molecule has 1 aliphatic heterocycles. The van der Waals surface area contributed by atoms with E-state index in [1.54, 1.807) is 56.0 Å². The minimum absolute atomic E-state index is 0.0151. The van der Waals surface area contributed by atoms with Gasteiger partial charge in [0.1, 0.15) is 11.5 Å². The summed E-state index contributed by atoms with van der Waals surface area (Å²) in [5.41, 5.74) is 1.46. The Morgan fingerprint density at radius 3 is 2.31 bits per heavy atom. The summed E-state index contributed by atoms with van der Waals surface area (Å²) in [5, 5.41) is 12.7. The molecule has 0 fully saturated rings. The lowest BCUT2D eigenvalue weighted by Crippen LogP contribution is -2.33. The SMILES string of the molecule is COc1ccc(OC)c([C@@H]2C(C(=O)c3cccs3)=C(O)C(=O)N2CCc2ccc(OC)c(OC)c2)c1. The Kier molecular flexibility index (Phi) is 7.49. The molecule has 36 heavy (non-hydrogen) atoms. The summed E-state index contributed by atoms with van der Waals surface area (Å²) in [6.45, 7) is 0.227. The largest absolute Gasteiger partial charge is 0.503 e. The molecule has 3 aromatic rings. The number of ketones is 1. The van der Waals surface area contributed by atoms with E-state index < -0.39 is 23.5 Å². The Morgan fingerprint density at radius 2 is 1.67 bits per heavy atom. The minimum atomic E-state index is -0.864. The lowest BCUT2D eigenvalue weighted by molar-refractivity contribution is -0.129. The predicted molar refractivity (Wildman–Crippen MR) is 136 cm³/mol. The summed E-state index contributed by atoms with van der Waals surface area (Å²) >= 11 is 1.25. The van der Waals surface area contributed by atoms with Crippen LogP contribution in [0.2, 0.25) is 0 Å². The highest BCUT2D eigenvalue weighted by Gasteiger charge is 2.45. The minimum Gasteiger partial charge on any atom is -0.503 e. The molecule has 4 rings (SSSR count). The van der Waals surface area contributed by atoms with Crippen LogP contribution in [-0.2, 0) is 11.2 Å². The lowest BCUT2D eigenvalue weighted by Gasteiger charge is -2.28. The third-order valence-electron chi connectivity index (χ3n) is 6.11. The molecule has 9 heteroatoms. The van der Waals surface area contributed by atoms with Gasteiger partial charge in [0, 0.05) is 12.1 Å². The van der Waals surface area contributed by atoms with E-state index in [1.807, 2.05) is 12.1 Å². The smallest absolute Gasteiger partial charge is 0.290 e. The van der Waals surface area contributed by atoms with Crippen LogP contribution in [0, 0.1) is 0 Å². The molecule has 188 valence electrons. The fraction of sp³-hybridized carbons (Fsp3) is 0.259. The molecular formula is C27H27NO7S. The summed E-state index contributed by atoms with van der Waals surface area (Å²) in [6.07, 6.45) is 0.447. The van der Waals surface area contributed by atoms with Crippen LogP contribution in [-0.4, -0.2) is 56.7 Å². The number of methoxy groups -OCH3 is 4. The molecule has 0 unspecified atom stereocenters. The van der Waals surface area contributed by atoms with Crippen molar-refractivity contribution in [2.75, 3.05) is 35.0 Å². The van der Waals surface area contributed by atoms with E-state index >= 15 is 0 Å². The average Bonchev–Trinajstić information content (AvgIpc) is 3.54. The van der Waals surface area contributed by atoms with Crippen molar-refractivity contribution in [3.05, 3.63) is 81.2 Å². The van der Waals surface area contributed by atoms with Crippen molar-refractivity contribution in [3.8, 4) is 23.0 Å². The van der Waals surface area contributed by atoms with Gasteiger partial charge in [0.05, 0.1) is 44.9 Å². The quantitative estimate of drug-likeness (QED) is 0.399. The van der Waals surface area contributed by atoms with Gasteiger partial charge in [-0.25, -0.2) is 0 Å². The molecule has 0 saturated heterocycles. The average molecular weight is 510 g/mol. The number of carbonyl (C=O) groups excluding carboxylic acids is 2. The second-order valence-corrected chi connectivity index (χ2v) is 8.96. The van der Waals surface area contributed by atoms with Crippen molar-refractivity contribution in [1.29, 1.82) is 0 Å². The number of aliphatic hydroxyl groups is 1. The van der Waals surface area contributed by atoms with Gasteiger partial charge in [0.25, 0.3) is 5.91 Å². The van der Waals surface area contributed by atoms with Gasteiger partial charge < -0.3 is 29.0 Å². The van der Waals surface area contributed by atoms with E-state index in [4.69, 9.17) is 18.9 Å². The zero-order valence-electron chi connectivity index (χ0n) is 20.4. The third kappa shape index (κ3) is 4.61. The van der Waals surface area contributed by atoms with E-state index in [0.717, 1.165) is 5.56 Å². The highest BCUT2D eigenvalue weighted by molar-refractivity contribution is 7.12. The highest BCUT2D eigenvalue weighted by atomic mass is 32.1. The maximum atomic E-state index is 13.5. The van der Waals surface area contributed by atoms with Crippen LogP contribution in [0.25, 0.3) is 0 Å². The molecule has 1 aliphatic rings. The van der Waals surface area contributed by atoms with Crippen molar-refractivity contribution >= 4 is 23.0 Å². The van der Waals surface area contributed by atoms with Crippen molar-refractivity contribution < 1.29 is 33.6 Å². The van der Waals surface area contributed by atoms with Gasteiger partial charge in [-0.3, -0.25) is 9.59 Å². The Hall–Kier alpha value is -3.98. The molecule has 0 saturated carbocycles. The summed E-state index contributed by atoms with van der Waals surface area (Å²) in [4.78, 5) is 28.7. The number of aliphatic hydroxyl groups excluding tert-OH is 1. The van der Waals surface area contributed by atoms with Crippen LogP contribution in [0.4, 0.5) is 0 Å². The molecule has 2 heterocycles.